The standard InChI is InChI=1S/C21H26N2O4S/c1-15(2)13-22-21(24)14-27-20-9-8-18(12-16(20)3)28(25,26)23-11-10-17-6-4-5-7-19(17)23/h4-9,12,15H,10-11,13-14H2,1-3H3,(H,22,24). The van der Waals surface area contributed by atoms with E-state index in [1.165, 1.54) is 10.4 Å². The van der Waals surface area contributed by atoms with Gasteiger partial charge in [-0.2, -0.15) is 0 Å². The Morgan fingerprint density at radius 1 is 1.21 bits per heavy atom. The maximum Gasteiger partial charge on any atom is 0.264 e. The summed E-state index contributed by atoms with van der Waals surface area (Å²) in [5.41, 5.74) is 2.45. The molecule has 3 rings (SSSR count). The average Bonchev–Trinajstić information content (AvgIpc) is 3.10. The number of nitrogens with zero attached hydrogens (tertiary/aromatic N) is 1. The van der Waals surface area contributed by atoms with Gasteiger partial charge in [0.25, 0.3) is 15.9 Å². The van der Waals surface area contributed by atoms with Gasteiger partial charge in [0, 0.05) is 13.1 Å². The first-order chi connectivity index (χ1) is 13.3. The Bertz CT molecular complexity index is 970. The van der Waals surface area contributed by atoms with E-state index in [1.807, 2.05) is 38.1 Å². The Morgan fingerprint density at radius 2 is 1.96 bits per heavy atom. The second-order valence-corrected chi connectivity index (χ2v) is 9.23. The number of hydrogen-bond acceptors (Lipinski definition) is 4. The van der Waals surface area contributed by atoms with Gasteiger partial charge in [0.2, 0.25) is 0 Å². The van der Waals surface area contributed by atoms with Crippen LogP contribution in [0, 0.1) is 12.8 Å². The van der Waals surface area contributed by atoms with Crippen LogP contribution in [0.15, 0.2) is 47.4 Å². The summed E-state index contributed by atoms with van der Waals surface area (Å²) < 4.78 is 33.2. The predicted octanol–water partition coefficient (Wildman–Crippen LogP) is 2.90. The van der Waals surface area contributed by atoms with Crippen molar-refractivity contribution in [3.63, 3.8) is 0 Å². The van der Waals surface area contributed by atoms with Gasteiger partial charge in [0.1, 0.15) is 5.75 Å². The van der Waals surface area contributed by atoms with E-state index in [0.717, 1.165) is 11.3 Å². The van der Waals surface area contributed by atoms with Crippen LogP contribution in [0.4, 0.5) is 5.69 Å². The van der Waals surface area contributed by atoms with E-state index in [1.54, 1.807) is 19.1 Å². The van der Waals surface area contributed by atoms with Crippen LogP contribution in [0.25, 0.3) is 0 Å². The number of benzene rings is 2. The summed E-state index contributed by atoms with van der Waals surface area (Å²) in [5.74, 6) is 0.671. The lowest BCUT2D eigenvalue weighted by molar-refractivity contribution is -0.123. The fraction of sp³-hybridized carbons (Fsp3) is 0.381. The van der Waals surface area contributed by atoms with Crippen molar-refractivity contribution in [1.29, 1.82) is 0 Å². The molecule has 0 unspecified atom stereocenters. The molecule has 0 aromatic heterocycles. The highest BCUT2D eigenvalue weighted by Crippen LogP contribution is 2.33. The molecule has 0 bridgehead atoms. The molecular weight excluding hydrogens is 376 g/mol. The van der Waals surface area contributed by atoms with Crippen LogP contribution in [0.1, 0.15) is 25.0 Å². The number of aryl methyl sites for hydroxylation is 1. The van der Waals surface area contributed by atoms with E-state index in [0.29, 0.717) is 36.7 Å². The summed E-state index contributed by atoms with van der Waals surface area (Å²) in [5, 5.41) is 2.79. The Kier molecular flexibility index (Phi) is 5.93. The number of fused-ring (bicyclic) bond motifs is 1. The van der Waals surface area contributed by atoms with E-state index in [9.17, 15) is 13.2 Å². The van der Waals surface area contributed by atoms with E-state index < -0.39 is 10.0 Å². The average molecular weight is 403 g/mol. The third-order valence-corrected chi connectivity index (χ3v) is 6.45. The first-order valence-corrected chi connectivity index (χ1v) is 10.8. The second-order valence-electron chi connectivity index (χ2n) is 7.37. The van der Waals surface area contributed by atoms with Crippen molar-refractivity contribution in [2.45, 2.75) is 32.1 Å². The van der Waals surface area contributed by atoms with Crippen LogP contribution < -0.4 is 14.4 Å². The normalized spacial score (nSPS) is 13.5. The minimum absolute atomic E-state index is 0.0981. The van der Waals surface area contributed by atoms with E-state index in [4.69, 9.17) is 4.74 Å². The first-order valence-electron chi connectivity index (χ1n) is 9.40. The molecule has 0 spiro atoms. The predicted molar refractivity (Wildman–Crippen MR) is 109 cm³/mol. The summed E-state index contributed by atoms with van der Waals surface area (Å²) in [6.45, 7) is 6.74. The molecule has 150 valence electrons. The van der Waals surface area contributed by atoms with Crippen molar-refractivity contribution >= 4 is 21.6 Å². The van der Waals surface area contributed by atoms with Gasteiger partial charge in [-0.05, 0) is 54.7 Å². The smallest absolute Gasteiger partial charge is 0.264 e. The lowest BCUT2D eigenvalue weighted by Crippen LogP contribution is -2.31. The lowest BCUT2D eigenvalue weighted by atomic mass is 10.2. The van der Waals surface area contributed by atoms with Crippen molar-refractivity contribution in [2.75, 3.05) is 24.0 Å². The Balaban J connectivity index is 1.73. The summed E-state index contributed by atoms with van der Waals surface area (Å²) in [7, 11) is -3.64. The Morgan fingerprint density at radius 3 is 2.68 bits per heavy atom. The number of carbonyl (C=O) groups is 1. The topological polar surface area (TPSA) is 75.7 Å². The van der Waals surface area contributed by atoms with E-state index in [-0.39, 0.29) is 17.4 Å². The summed E-state index contributed by atoms with van der Waals surface area (Å²) >= 11 is 0. The molecule has 0 aliphatic carbocycles. The van der Waals surface area contributed by atoms with Gasteiger partial charge in [-0.15, -0.1) is 0 Å². The maximum atomic E-state index is 13.1. The number of nitrogens with one attached hydrogen (secondary N) is 1. The highest BCUT2D eigenvalue weighted by molar-refractivity contribution is 7.92. The number of sulfonamides is 1. The van der Waals surface area contributed by atoms with Crippen molar-refractivity contribution in [3.8, 4) is 5.75 Å². The molecule has 7 heteroatoms. The minimum Gasteiger partial charge on any atom is -0.484 e. The summed E-state index contributed by atoms with van der Waals surface area (Å²) in [6.07, 6.45) is 0.709. The van der Waals surface area contributed by atoms with Crippen LogP contribution in [-0.2, 0) is 21.2 Å². The van der Waals surface area contributed by atoms with Crippen LogP contribution in [0.3, 0.4) is 0 Å². The van der Waals surface area contributed by atoms with Gasteiger partial charge in [0.05, 0.1) is 10.6 Å². The zero-order valence-corrected chi connectivity index (χ0v) is 17.3. The molecule has 0 saturated heterocycles. The maximum absolute atomic E-state index is 13.1. The van der Waals surface area contributed by atoms with Gasteiger partial charge >= 0.3 is 0 Å². The molecule has 2 aromatic carbocycles. The SMILES string of the molecule is Cc1cc(S(=O)(=O)N2CCc3ccccc32)ccc1OCC(=O)NCC(C)C. The van der Waals surface area contributed by atoms with Crippen LogP contribution in [0.2, 0.25) is 0 Å². The number of rotatable bonds is 7. The molecule has 1 aliphatic rings. The van der Waals surface area contributed by atoms with Gasteiger partial charge < -0.3 is 10.1 Å². The summed E-state index contributed by atoms with van der Waals surface area (Å²) in [6, 6.07) is 12.3. The fourth-order valence-corrected chi connectivity index (χ4v) is 4.73. The molecule has 28 heavy (non-hydrogen) atoms. The molecule has 0 atom stereocenters. The van der Waals surface area contributed by atoms with Gasteiger partial charge in [-0.1, -0.05) is 32.0 Å². The Hall–Kier alpha value is -2.54. The molecule has 6 nitrogen and oxygen atoms in total. The molecule has 2 aromatic rings. The minimum atomic E-state index is -3.64. The monoisotopic (exact) mass is 402 g/mol. The number of ether oxygens (including phenoxy) is 1. The van der Waals surface area contributed by atoms with E-state index in [2.05, 4.69) is 5.32 Å². The summed E-state index contributed by atoms with van der Waals surface area (Å²) in [4.78, 5) is 12.0. The first kappa shape index (κ1) is 20.2. The number of carbonyl (C=O) groups excluding carboxylic acids is 1. The highest BCUT2D eigenvalue weighted by Gasteiger charge is 2.30. The highest BCUT2D eigenvalue weighted by atomic mass is 32.2. The molecular formula is C21H26N2O4S. The fourth-order valence-electron chi connectivity index (χ4n) is 3.14. The second kappa shape index (κ2) is 8.22. The van der Waals surface area contributed by atoms with Crippen molar-refractivity contribution < 1.29 is 17.9 Å². The molecule has 1 N–H and O–H groups in total. The lowest BCUT2D eigenvalue weighted by Gasteiger charge is -2.20. The third kappa shape index (κ3) is 4.30. The molecule has 1 aliphatic heterocycles. The number of hydrogen-bond donors (Lipinski definition) is 1. The van der Waals surface area contributed by atoms with Crippen molar-refractivity contribution in [2.24, 2.45) is 5.92 Å². The largest absolute Gasteiger partial charge is 0.484 e. The van der Waals surface area contributed by atoms with Crippen LogP contribution >= 0.6 is 0 Å². The van der Waals surface area contributed by atoms with Gasteiger partial charge in [-0.3, -0.25) is 9.10 Å². The number of para-hydroxylation sites is 1. The molecule has 0 radical (unpaired) electrons. The zero-order valence-electron chi connectivity index (χ0n) is 16.4. The third-order valence-electron chi connectivity index (χ3n) is 4.65. The van der Waals surface area contributed by atoms with Crippen molar-refractivity contribution in [3.05, 3.63) is 53.6 Å². The number of anilines is 1. The Labute approximate surface area is 166 Å². The van der Waals surface area contributed by atoms with Crippen molar-refractivity contribution in [1.82, 2.24) is 5.32 Å². The molecule has 1 amide bonds. The zero-order chi connectivity index (χ0) is 20.3. The number of amides is 1. The molecule has 0 saturated carbocycles. The van der Waals surface area contributed by atoms with Crippen LogP contribution in [-0.4, -0.2) is 34.0 Å². The molecule has 1 heterocycles. The van der Waals surface area contributed by atoms with E-state index >= 15 is 0 Å². The molecule has 0 fully saturated rings. The van der Waals surface area contributed by atoms with Gasteiger partial charge in [-0.25, -0.2) is 8.42 Å². The van der Waals surface area contributed by atoms with Crippen LogP contribution in [0.5, 0.6) is 5.75 Å². The quantitative estimate of drug-likeness (QED) is 0.773. The van der Waals surface area contributed by atoms with Gasteiger partial charge in [0.15, 0.2) is 6.61 Å².